The monoisotopic (exact) mass is 423 g/mol. The molecule has 152 valence electrons. The average Bonchev–Trinajstić information content (AvgIpc) is 3.00. The molecule has 1 fully saturated rings. The molecular formula is C19H16F3N3O3S. The molecule has 0 bridgehead atoms. The van der Waals surface area contributed by atoms with Gasteiger partial charge in [0, 0.05) is 18.7 Å². The van der Waals surface area contributed by atoms with Crippen LogP contribution in [0, 0.1) is 23.4 Å². The number of benzene rings is 2. The van der Waals surface area contributed by atoms with Crippen molar-refractivity contribution >= 4 is 27.5 Å². The fraction of sp³-hybridized carbons (Fsp3) is 0.263. The highest BCUT2D eigenvalue weighted by atomic mass is 32.2. The van der Waals surface area contributed by atoms with Gasteiger partial charge in [-0.05, 0) is 37.1 Å². The van der Waals surface area contributed by atoms with Crippen molar-refractivity contribution in [2.45, 2.75) is 17.7 Å². The number of sulfonamides is 1. The van der Waals surface area contributed by atoms with E-state index in [1.54, 1.807) is 23.1 Å². The van der Waals surface area contributed by atoms with Crippen LogP contribution in [0.3, 0.4) is 0 Å². The first kappa shape index (κ1) is 19.4. The summed E-state index contributed by atoms with van der Waals surface area (Å²) in [6.45, 7) is 0.672. The number of likely N-dealkylation sites (tertiary alicyclic amines) is 1. The van der Waals surface area contributed by atoms with Gasteiger partial charge in [0.25, 0.3) is 10.0 Å². The Kier molecular flexibility index (Phi) is 4.81. The lowest BCUT2D eigenvalue weighted by Gasteiger charge is -2.33. The Balaban J connectivity index is 1.54. The Hall–Kier alpha value is -2.88. The lowest BCUT2D eigenvalue weighted by atomic mass is 9.96. The molecule has 1 unspecified atom stereocenters. The van der Waals surface area contributed by atoms with Crippen LogP contribution < -0.4 is 5.32 Å². The Morgan fingerprint density at radius 2 is 1.86 bits per heavy atom. The number of amidine groups is 1. The first-order chi connectivity index (χ1) is 13.8. The van der Waals surface area contributed by atoms with Gasteiger partial charge >= 0.3 is 0 Å². The number of halogens is 3. The van der Waals surface area contributed by atoms with E-state index >= 15 is 0 Å². The summed E-state index contributed by atoms with van der Waals surface area (Å²) in [7, 11) is -3.79. The third-order valence-electron chi connectivity index (χ3n) is 5.00. The Morgan fingerprint density at radius 1 is 1.10 bits per heavy atom. The van der Waals surface area contributed by atoms with Gasteiger partial charge in [0.05, 0.1) is 11.6 Å². The Labute approximate surface area is 165 Å². The predicted octanol–water partition coefficient (Wildman–Crippen LogP) is 2.90. The molecule has 2 aliphatic heterocycles. The molecule has 2 aromatic rings. The van der Waals surface area contributed by atoms with Gasteiger partial charge < -0.3 is 10.2 Å². The van der Waals surface area contributed by atoms with E-state index in [9.17, 15) is 26.4 Å². The first-order valence-corrected chi connectivity index (χ1v) is 10.4. The minimum absolute atomic E-state index is 0.116. The molecule has 0 spiro atoms. The van der Waals surface area contributed by atoms with E-state index in [2.05, 4.69) is 9.71 Å². The van der Waals surface area contributed by atoms with Crippen LogP contribution >= 0.6 is 0 Å². The third kappa shape index (κ3) is 3.48. The number of carbonyl (C=O) groups excluding carboxylic acids is 1. The molecule has 2 heterocycles. The maximum absolute atomic E-state index is 13.8. The Bertz CT molecular complexity index is 1130. The van der Waals surface area contributed by atoms with Gasteiger partial charge in [0.2, 0.25) is 5.91 Å². The van der Waals surface area contributed by atoms with Gasteiger partial charge in [-0.25, -0.2) is 13.2 Å². The molecule has 1 saturated heterocycles. The van der Waals surface area contributed by atoms with Gasteiger partial charge in [-0.15, -0.1) is 4.40 Å². The van der Waals surface area contributed by atoms with Gasteiger partial charge in [-0.3, -0.25) is 4.79 Å². The highest BCUT2D eigenvalue weighted by Crippen LogP contribution is 2.30. The third-order valence-corrected chi connectivity index (χ3v) is 6.32. The van der Waals surface area contributed by atoms with Crippen LogP contribution in [0.1, 0.15) is 18.4 Å². The molecule has 0 radical (unpaired) electrons. The van der Waals surface area contributed by atoms with Crippen LogP contribution in [-0.4, -0.2) is 38.2 Å². The molecule has 6 nitrogen and oxygen atoms in total. The number of rotatable bonds is 2. The maximum Gasteiger partial charge on any atom is 0.285 e. The molecule has 0 aliphatic carbocycles. The average molecular weight is 423 g/mol. The number of nitrogens with one attached hydrogen (secondary N) is 1. The summed E-state index contributed by atoms with van der Waals surface area (Å²) in [5.74, 6) is -5.36. The van der Waals surface area contributed by atoms with E-state index in [0.717, 1.165) is 12.1 Å². The number of hydrogen-bond acceptors (Lipinski definition) is 4. The maximum atomic E-state index is 13.8. The van der Waals surface area contributed by atoms with Crippen LogP contribution in [-0.2, 0) is 14.8 Å². The van der Waals surface area contributed by atoms with E-state index in [1.165, 1.54) is 6.07 Å². The molecule has 1 atom stereocenters. The Morgan fingerprint density at radius 3 is 2.66 bits per heavy atom. The number of nitrogens with zero attached hydrogens (tertiary/aromatic N) is 2. The second kappa shape index (κ2) is 7.18. The first-order valence-electron chi connectivity index (χ1n) is 8.91. The van der Waals surface area contributed by atoms with Crippen LogP contribution in [0.5, 0.6) is 0 Å². The molecule has 1 N–H and O–H groups in total. The van der Waals surface area contributed by atoms with Crippen molar-refractivity contribution < 1.29 is 26.4 Å². The summed E-state index contributed by atoms with van der Waals surface area (Å²) in [5.41, 5.74) is 0.0253. The summed E-state index contributed by atoms with van der Waals surface area (Å²) >= 11 is 0. The lowest BCUT2D eigenvalue weighted by molar-refractivity contribution is -0.121. The van der Waals surface area contributed by atoms with Gasteiger partial charge in [0.15, 0.2) is 23.3 Å². The molecular weight excluding hydrogens is 407 g/mol. The number of hydrogen-bond donors (Lipinski definition) is 1. The minimum Gasteiger partial charge on any atom is -0.355 e. The van der Waals surface area contributed by atoms with Crippen LogP contribution in [0.4, 0.5) is 18.9 Å². The summed E-state index contributed by atoms with van der Waals surface area (Å²) in [6, 6.07) is 8.12. The van der Waals surface area contributed by atoms with Gasteiger partial charge in [-0.1, -0.05) is 12.1 Å². The molecule has 0 aromatic heterocycles. The summed E-state index contributed by atoms with van der Waals surface area (Å²) in [5, 5.41) is 2.29. The highest BCUT2D eigenvalue weighted by molar-refractivity contribution is 7.90. The standard InChI is InChI=1S/C19H16F3N3O3S/c20-13-7-8-14(17(22)16(13)21)23-19(26)11-4-3-9-25(10-11)18-12-5-1-2-6-15(12)29(27,28)24-18/h1-2,5-8,11H,3-4,9-10H2,(H,23,26). The van der Waals surface area contributed by atoms with E-state index in [4.69, 9.17) is 0 Å². The molecule has 1 amide bonds. The molecule has 29 heavy (non-hydrogen) atoms. The summed E-state index contributed by atoms with van der Waals surface area (Å²) < 4.78 is 68.7. The fourth-order valence-electron chi connectivity index (χ4n) is 3.56. The van der Waals surface area contributed by atoms with Crippen LogP contribution in [0.25, 0.3) is 0 Å². The van der Waals surface area contributed by atoms with Crippen molar-refractivity contribution in [2.75, 3.05) is 18.4 Å². The second-order valence-electron chi connectivity index (χ2n) is 6.88. The normalized spacial score (nSPS) is 20.2. The lowest BCUT2D eigenvalue weighted by Crippen LogP contribution is -2.43. The van der Waals surface area contributed by atoms with E-state index in [0.29, 0.717) is 24.9 Å². The molecule has 2 aliphatic rings. The largest absolute Gasteiger partial charge is 0.355 e. The molecule has 4 rings (SSSR count). The SMILES string of the molecule is O=C(Nc1ccc(F)c(F)c1F)C1CCCN(C2=NS(=O)(=O)c3ccccc32)C1. The smallest absolute Gasteiger partial charge is 0.285 e. The fourth-order valence-corrected chi connectivity index (χ4v) is 4.78. The van der Waals surface area contributed by atoms with Crippen molar-refractivity contribution in [3.05, 3.63) is 59.4 Å². The number of fused-ring (bicyclic) bond motifs is 1. The summed E-state index contributed by atoms with van der Waals surface area (Å²) in [4.78, 5) is 14.4. The summed E-state index contributed by atoms with van der Waals surface area (Å²) in [6.07, 6.45) is 1.06. The van der Waals surface area contributed by atoms with E-state index in [1.807, 2.05) is 0 Å². The van der Waals surface area contributed by atoms with Crippen LogP contribution in [0.2, 0.25) is 0 Å². The number of anilines is 1. The predicted molar refractivity (Wildman–Crippen MR) is 99.4 cm³/mol. The number of carbonyl (C=O) groups is 1. The van der Waals surface area contributed by atoms with Crippen LogP contribution in [0.15, 0.2) is 45.7 Å². The zero-order valence-corrected chi connectivity index (χ0v) is 15.8. The zero-order valence-electron chi connectivity index (χ0n) is 15.0. The van der Waals surface area contributed by atoms with Gasteiger partial charge in [-0.2, -0.15) is 8.42 Å². The number of piperidine rings is 1. The second-order valence-corrected chi connectivity index (χ2v) is 8.46. The van der Waals surface area contributed by atoms with Crippen molar-refractivity contribution in [1.82, 2.24) is 4.90 Å². The van der Waals surface area contributed by atoms with E-state index < -0.39 is 45.0 Å². The van der Waals surface area contributed by atoms with Crippen molar-refractivity contribution in [2.24, 2.45) is 10.3 Å². The molecule has 0 saturated carbocycles. The van der Waals surface area contributed by atoms with Crippen molar-refractivity contribution in [3.63, 3.8) is 0 Å². The van der Waals surface area contributed by atoms with Gasteiger partial charge in [0.1, 0.15) is 4.90 Å². The highest BCUT2D eigenvalue weighted by Gasteiger charge is 2.35. The van der Waals surface area contributed by atoms with E-state index in [-0.39, 0.29) is 17.3 Å². The minimum atomic E-state index is -3.79. The number of amides is 1. The van der Waals surface area contributed by atoms with Crippen molar-refractivity contribution in [3.8, 4) is 0 Å². The molecule has 10 heteroatoms. The van der Waals surface area contributed by atoms with Crippen molar-refractivity contribution in [1.29, 1.82) is 0 Å². The zero-order chi connectivity index (χ0) is 20.8. The molecule has 2 aromatic carbocycles. The topological polar surface area (TPSA) is 78.8 Å². The quantitative estimate of drug-likeness (QED) is 0.754.